The average molecular weight is 278 g/mol. The van der Waals surface area contributed by atoms with E-state index in [9.17, 15) is 0 Å². The van der Waals surface area contributed by atoms with Crippen LogP contribution in [0.25, 0.3) is 0 Å². The monoisotopic (exact) mass is 277 g/mol. The molecule has 0 rings (SSSR count). The molecular formula is C12H31NO2Si2. The van der Waals surface area contributed by atoms with Crippen molar-refractivity contribution in [2.75, 3.05) is 20.7 Å². The summed E-state index contributed by atoms with van der Waals surface area (Å²) < 4.78 is 12.4. The summed E-state index contributed by atoms with van der Waals surface area (Å²) in [6.45, 7) is 14.2. The minimum Gasteiger partial charge on any atom is -0.453 e. The van der Waals surface area contributed by atoms with Gasteiger partial charge in [-0.3, -0.25) is 4.90 Å². The molecular weight excluding hydrogens is 246 g/mol. The lowest BCUT2D eigenvalue weighted by Gasteiger charge is -2.41. The van der Waals surface area contributed by atoms with E-state index >= 15 is 0 Å². The highest BCUT2D eigenvalue weighted by Crippen LogP contribution is 2.24. The van der Waals surface area contributed by atoms with Gasteiger partial charge in [-0.2, -0.15) is 0 Å². The third kappa shape index (κ3) is 6.15. The van der Waals surface area contributed by atoms with Crippen molar-refractivity contribution in [2.45, 2.75) is 58.4 Å². The van der Waals surface area contributed by atoms with Crippen molar-refractivity contribution in [3.05, 3.63) is 0 Å². The third-order valence-corrected chi connectivity index (χ3v) is 10.7. The maximum atomic E-state index is 6.55. The van der Waals surface area contributed by atoms with Gasteiger partial charge in [-0.25, -0.2) is 0 Å². The molecule has 0 fully saturated rings. The van der Waals surface area contributed by atoms with Crippen LogP contribution in [0, 0.1) is 0 Å². The molecule has 1 atom stereocenters. The largest absolute Gasteiger partial charge is 0.453 e. The molecule has 0 heterocycles. The van der Waals surface area contributed by atoms with Crippen molar-refractivity contribution in [3.63, 3.8) is 0 Å². The van der Waals surface area contributed by atoms with E-state index in [2.05, 4.69) is 59.0 Å². The predicted octanol–water partition coefficient (Wildman–Crippen LogP) is 3.29. The summed E-state index contributed by atoms with van der Waals surface area (Å²) in [5.41, 5.74) is 0. The summed E-state index contributed by atoms with van der Waals surface area (Å²) in [6.07, 6.45) is 1.21. The second-order valence-corrected chi connectivity index (χ2v) is 14.5. The number of ether oxygens (including phenoxy) is 1. The molecule has 104 valence electrons. The minimum absolute atomic E-state index is 0.149. The molecule has 0 bridgehead atoms. The van der Waals surface area contributed by atoms with Gasteiger partial charge in [-0.15, -0.1) is 0 Å². The smallest absolute Gasteiger partial charge is 0.220 e. The van der Waals surface area contributed by atoms with Crippen LogP contribution in [0.3, 0.4) is 0 Å². The van der Waals surface area contributed by atoms with Crippen LogP contribution < -0.4 is 0 Å². The molecule has 0 spiro atoms. The van der Waals surface area contributed by atoms with Crippen molar-refractivity contribution < 1.29 is 8.85 Å². The van der Waals surface area contributed by atoms with Gasteiger partial charge in [0.15, 0.2) is 8.32 Å². The van der Waals surface area contributed by atoms with Gasteiger partial charge in [0.25, 0.3) is 0 Å². The lowest BCUT2D eigenvalue weighted by Crippen LogP contribution is -2.58. The van der Waals surface area contributed by atoms with E-state index in [-0.39, 0.29) is 5.85 Å². The first-order valence-electron chi connectivity index (χ1n) is 6.64. The van der Waals surface area contributed by atoms with Gasteiger partial charge in [0.2, 0.25) is 8.32 Å². The first-order chi connectivity index (χ1) is 7.66. The number of rotatable bonds is 8. The van der Waals surface area contributed by atoms with Gasteiger partial charge in [0.1, 0.15) is 5.85 Å². The highest BCUT2D eigenvalue weighted by molar-refractivity contribution is 6.85. The van der Waals surface area contributed by atoms with Crippen molar-refractivity contribution >= 4 is 16.6 Å². The molecule has 0 N–H and O–H groups in total. The van der Waals surface area contributed by atoms with E-state index in [4.69, 9.17) is 8.85 Å². The molecule has 5 heteroatoms. The van der Waals surface area contributed by atoms with Crippen molar-refractivity contribution in [2.24, 2.45) is 0 Å². The van der Waals surface area contributed by atoms with E-state index in [1.165, 1.54) is 12.5 Å². The summed E-state index contributed by atoms with van der Waals surface area (Å²) in [5.74, 6) is 0.149. The van der Waals surface area contributed by atoms with E-state index in [1.807, 2.05) is 0 Å². The second kappa shape index (κ2) is 7.04. The summed E-state index contributed by atoms with van der Waals surface area (Å²) >= 11 is 0. The zero-order chi connectivity index (χ0) is 13.7. The van der Waals surface area contributed by atoms with Crippen LogP contribution in [-0.4, -0.2) is 48.1 Å². The van der Waals surface area contributed by atoms with Crippen LogP contribution in [0.1, 0.15) is 20.3 Å². The van der Waals surface area contributed by atoms with Gasteiger partial charge in [-0.05, 0) is 53.3 Å². The van der Waals surface area contributed by atoms with Crippen LogP contribution in [-0.2, 0) is 8.85 Å². The normalized spacial score (nSPS) is 15.4. The highest BCUT2D eigenvalue weighted by atomic mass is 28.4. The molecule has 0 aromatic carbocycles. The molecule has 0 saturated carbocycles. The zero-order valence-corrected chi connectivity index (χ0v) is 15.0. The molecule has 3 nitrogen and oxygen atoms in total. The van der Waals surface area contributed by atoms with Gasteiger partial charge >= 0.3 is 0 Å². The maximum Gasteiger partial charge on any atom is 0.220 e. The topological polar surface area (TPSA) is 21.7 Å². The Hall–Kier alpha value is 0.314. The first kappa shape index (κ1) is 17.3. The number of nitrogens with zero attached hydrogens (tertiary/aromatic N) is 1. The fourth-order valence-electron chi connectivity index (χ4n) is 2.55. The number of hydrogen-bond donors (Lipinski definition) is 0. The average Bonchev–Trinajstić information content (AvgIpc) is 2.10. The second-order valence-electron chi connectivity index (χ2n) is 5.99. The van der Waals surface area contributed by atoms with Gasteiger partial charge in [0.05, 0.1) is 0 Å². The van der Waals surface area contributed by atoms with E-state index in [1.54, 1.807) is 0 Å². The van der Waals surface area contributed by atoms with Crippen molar-refractivity contribution in [3.8, 4) is 0 Å². The number of hydrogen-bond acceptors (Lipinski definition) is 3. The molecule has 0 radical (unpaired) electrons. The van der Waals surface area contributed by atoms with E-state index in [0.717, 1.165) is 6.61 Å². The van der Waals surface area contributed by atoms with Gasteiger partial charge in [-0.1, -0.05) is 13.3 Å². The Labute approximate surface area is 110 Å². The van der Waals surface area contributed by atoms with Crippen LogP contribution in [0.2, 0.25) is 32.2 Å². The van der Waals surface area contributed by atoms with Crippen LogP contribution >= 0.6 is 0 Å². The molecule has 0 aliphatic heterocycles. The summed E-state index contributed by atoms with van der Waals surface area (Å²) in [6, 6.07) is 1.23. The van der Waals surface area contributed by atoms with E-state index < -0.39 is 16.6 Å². The lowest BCUT2D eigenvalue weighted by molar-refractivity contribution is 0.0123. The Morgan fingerprint density at radius 3 is 1.94 bits per heavy atom. The van der Waals surface area contributed by atoms with Crippen LogP contribution in [0.5, 0.6) is 0 Å². The Morgan fingerprint density at radius 1 is 1.06 bits per heavy atom. The molecule has 1 unspecified atom stereocenters. The molecule has 0 aromatic heterocycles. The Bertz CT molecular complexity index is 221. The zero-order valence-electron chi connectivity index (χ0n) is 13.0. The minimum atomic E-state index is -1.82. The standard InChI is InChI=1S/C12H31NO2Si2/c1-9-11-16(5,6)15-17(7,8)12(13(3)4)14-10-2/h12H,9-11H2,1-8H3. The van der Waals surface area contributed by atoms with Crippen LogP contribution in [0.15, 0.2) is 0 Å². The summed E-state index contributed by atoms with van der Waals surface area (Å²) in [4.78, 5) is 2.16. The Balaban J connectivity index is 4.71. The van der Waals surface area contributed by atoms with Gasteiger partial charge in [0, 0.05) is 6.61 Å². The molecule has 0 amide bonds. The van der Waals surface area contributed by atoms with Crippen molar-refractivity contribution in [1.82, 2.24) is 4.90 Å². The summed E-state index contributed by atoms with van der Waals surface area (Å²) in [5, 5.41) is 0. The first-order valence-corrected chi connectivity index (χ1v) is 12.7. The van der Waals surface area contributed by atoms with Crippen LogP contribution in [0.4, 0.5) is 0 Å². The molecule has 0 saturated heterocycles. The SMILES string of the molecule is CCC[Si](C)(C)O[Si](C)(C)C(OCC)N(C)C. The fraction of sp³-hybridized carbons (Fsp3) is 1.00. The van der Waals surface area contributed by atoms with Crippen molar-refractivity contribution in [1.29, 1.82) is 0 Å². The molecule has 0 aliphatic rings. The predicted molar refractivity (Wildman–Crippen MR) is 80.2 cm³/mol. The maximum absolute atomic E-state index is 6.55. The Morgan fingerprint density at radius 2 is 1.59 bits per heavy atom. The molecule has 0 aromatic rings. The quantitative estimate of drug-likeness (QED) is 0.502. The summed E-state index contributed by atoms with van der Waals surface area (Å²) in [7, 11) is 0.807. The molecule has 0 aliphatic carbocycles. The van der Waals surface area contributed by atoms with E-state index in [0.29, 0.717) is 0 Å². The highest BCUT2D eigenvalue weighted by Gasteiger charge is 2.40. The third-order valence-electron chi connectivity index (χ3n) is 2.78. The fourth-order valence-corrected chi connectivity index (χ4v) is 12.1. The van der Waals surface area contributed by atoms with Gasteiger partial charge < -0.3 is 8.85 Å². The molecule has 17 heavy (non-hydrogen) atoms. The lowest BCUT2D eigenvalue weighted by atomic mass is 10.6. The Kier molecular flexibility index (Phi) is 7.17.